The number of ether oxygens (including phenoxy) is 2. The van der Waals surface area contributed by atoms with Gasteiger partial charge in [-0.2, -0.15) is 15.3 Å². The molecular weight excluding hydrogens is 725 g/mol. The van der Waals surface area contributed by atoms with Gasteiger partial charge < -0.3 is 19.0 Å². The van der Waals surface area contributed by atoms with E-state index in [0.29, 0.717) is 29.9 Å². The van der Waals surface area contributed by atoms with Gasteiger partial charge in [-0.25, -0.2) is 4.79 Å². The largest absolute Gasteiger partial charge is 0.508 e. The third-order valence-corrected chi connectivity index (χ3v) is 10.1. The molecule has 9 nitrogen and oxygen atoms in total. The molecule has 7 rings (SSSR count). The van der Waals surface area contributed by atoms with Crippen molar-refractivity contribution in [3.05, 3.63) is 149 Å². The monoisotopic (exact) mass is 772 g/mol. The third kappa shape index (κ3) is 10.2. The molecular formula is C49H48N4O5. The van der Waals surface area contributed by atoms with Gasteiger partial charge in [-0.15, -0.1) is 5.11 Å². The number of unbranched alkanes of at least 4 members (excludes halogenated alkanes) is 7. The summed E-state index contributed by atoms with van der Waals surface area (Å²) in [6.45, 7) is 5.14. The summed E-state index contributed by atoms with van der Waals surface area (Å²) in [7, 11) is 0. The molecule has 0 unspecified atom stereocenters. The predicted molar refractivity (Wildman–Crippen MR) is 232 cm³/mol. The minimum absolute atomic E-state index is 0.00353. The van der Waals surface area contributed by atoms with Crippen LogP contribution >= 0.6 is 0 Å². The van der Waals surface area contributed by atoms with Crippen molar-refractivity contribution in [1.29, 1.82) is 0 Å². The average molecular weight is 773 g/mol. The number of fused-ring (bicyclic) bond motifs is 2. The van der Waals surface area contributed by atoms with Gasteiger partial charge in [0.05, 0.1) is 35.7 Å². The van der Waals surface area contributed by atoms with E-state index in [1.165, 1.54) is 18.6 Å². The number of azo groups is 2. The minimum atomic E-state index is -0.471. The molecule has 0 spiro atoms. The van der Waals surface area contributed by atoms with E-state index in [4.69, 9.17) is 19.0 Å². The number of benzene rings is 6. The van der Waals surface area contributed by atoms with Crippen LogP contribution in [0, 0.1) is 13.8 Å². The van der Waals surface area contributed by atoms with E-state index in [1.54, 1.807) is 6.07 Å². The molecule has 0 aliphatic carbocycles. The fourth-order valence-electron chi connectivity index (χ4n) is 7.00. The SMILES string of the molecule is Cc1ccccc1N=Nc1ccc(N=Nc2c(OCCCCCCCCCCOc3cc(O)cc4oc(=O)cc(-c5ccccc5)c34)ccc3ccccc23)c(C)c1. The van der Waals surface area contributed by atoms with Crippen LogP contribution in [0.3, 0.4) is 0 Å². The Bertz CT molecular complexity index is 2600. The number of rotatable bonds is 18. The highest BCUT2D eigenvalue weighted by molar-refractivity contribution is 5.98. The maximum Gasteiger partial charge on any atom is 0.336 e. The molecule has 9 heteroatoms. The topological polar surface area (TPSA) is 118 Å². The molecule has 1 heterocycles. The first-order chi connectivity index (χ1) is 28.4. The lowest BCUT2D eigenvalue weighted by molar-refractivity contribution is 0.302. The summed E-state index contributed by atoms with van der Waals surface area (Å²) in [5.41, 5.74) is 6.58. The molecule has 1 aromatic heterocycles. The van der Waals surface area contributed by atoms with E-state index < -0.39 is 5.63 Å². The zero-order valence-electron chi connectivity index (χ0n) is 33.1. The predicted octanol–water partition coefficient (Wildman–Crippen LogP) is 14.3. The zero-order chi connectivity index (χ0) is 40.1. The van der Waals surface area contributed by atoms with Gasteiger partial charge in [-0.3, -0.25) is 0 Å². The van der Waals surface area contributed by atoms with Crippen LogP contribution in [0.5, 0.6) is 17.2 Å². The van der Waals surface area contributed by atoms with Gasteiger partial charge in [-0.1, -0.05) is 117 Å². The smallest absolute Gasteiger partial charge is 0.336 e. The maximum atomic E-state index is 12.3. The summed E-state index contributed by atoms with van der Waals surface area (Å²) >= 11 is 0. The normalized spacial score (nSPS) is 11.6. The molecule has 6 aromatic carbocycles. The Morgan fingerprint density at radius 1 is 0.569 bits per heavy atom. The molecule has 0 saturated heterocycles. The second-order valence-corrected chi connectivity index (χ2v) is 14.5. The van der Waals surface area contributed by atoms with Crippen molar-refractivity contribution >= 4 is 44.5 Å². The van der Waals surface area contributed by atoms with Gasteiger partial charge in [0.1, 0.15) is 28.5 Å². The van der Waals surface area contributed by atoms with E-state index in [9.17, 15) is 9.90 Å². The van der Waals surface area contributed by atoms with Crippen molar-refractivity contribution in [3.8, 4) is 28.4 Å². The summed E-state index contributed by atoms with van der Waals surface area (Å²) in [5, 5.41) is 31.3. The summed E-state index contributed by atoms with van der Waals surface area (Å²) in [6, 6.07) is 40.1. The lowest BCUT2D eigenvalue weighted by Gasteiger charge is -2.13. The van der Waals surface area contributed by atoms with Crippen molar-refractivity contribution in [1.82, 2.24) is 0 Å². The van der Waals surface area contributed by atoms with Crippen molar-refractivity contribution in [3.63, 3.8) is 0 Å². The van der Waals surface area contributed by atoms with Crippen LogP contribution in [-0.2, 0) is 0 Å². The van der Waals surface area contributed by atoms with Crippen LogP contribution in [0.15, 0.2) is 157 Å². The number of hydrogen-bond donors (Lipinski definition) is 1. The molecule has 0 amide bonds. The highest BCUT2D eigenvalue weighted by atomic mass is 16.5. The van der Waals surface area contributed by atoms with Gasteiger partial charge in [0.15, 0.2) is 0 Å². The Morgan fingerprint density at radius 2 is 1.22 bits per heavy atom. The van der Waals surface area contributed by atoms with Crippen LogP contribution in [-0.4, -0.2) is 18.3 Å². The van der Waals surface area contributed by atoms with E-state index in [-0.39, 0.29) is 5.75 Å². The maximum absolute atomic E-state index is 12.3. The molecule has 0 atom stereocenters. The van der Waals surface area contributed by atoms with Crippen LogP contribution in [0.4, 0.5) is 22.7 Å². The fourth-order valence-corrected chi connectivity index (χ4v) is 7.00. The van der Waals surface area contributed by atoms with Gasteiger partial charge in [0, 0.05) is 29.1 Å². The van der Waals surface area contributed by atoms with E-state index >= 15 is 0 Å². The number of nitrogens with zero attached hydrogens (tertiary/aromatic N) is 4. The first kappa shape index (κ1) is 39.6. The van der Waals surface area contributed by atoms with Crippen LogP contribution in [0.2, 0.25) is 0 Å². The highest BCUT2D eigenvalue weighted by Crippen LogP contribution is 2.39. The Balaban J connectivity index is 0.855. The molecule has 0 bridgehead atoms. The third-order valence-electron chi connectivity index (χ3n) is 10.1. The number of hydrogen-bond acceptors (Lipinski definition) is 9. The Labute approximate surface area is 338 Å². The molecule has 0 radical (unpaired) electrons. The zero-order valence-corrected chi connectivity index (χ0v) is 33.1. The second kappa shape index (κ2) is 19.5. The van der Waals surface area contributed by atoms with Crippen LogP contribution < -0.4 is 15.1 Å². The molecule has 7 aromatic rings. The average Bonchev–Trinajstić information content (AvgIpc) is 3.23. The van der Waals surface area contributed by atoms with Crippen molar-refractivity contribution in [2.24, 2.45) is 20.5 Å². The standard InChI is InChI=1S/C49H48N4O5/c1-34-18-12-15-23-42(34)51-50-38-25-26-43(35(2)30-38)52-53-49-40-22-14-13-21-37(40)24-27-44(49)56-28-16-7-5-3-4-6-8-17-29-57-45-31-39(54)32-46-48(45)41(33-47(55)58-46)36-19-10-9-11-20-36/h9-15,18-27,30-33,54H,3-8,16-17,28-29H2,1-2H3. The van der Waals surface area contributed by atoms with Gasteiger partial charge in [0.2, 0.25) is 0 Å². The Hall–Kier alpha value is -6.61. The van der Waals surface area contributed by atoms with Gasteiger partial charge in [-0.05, 0) is 79.1 Å². The molecule has 1 N–H and O–H groups in total. The Morgan fingerprint density at radius 3 is 1.98 bits per heavy atom. The van der Waals surface area contributed by atoms with Crippen LogP contribution in [0.1, 0.15) is 62.5 Å². The van der Waals surface area contributed by atoms with Crippen LogP contribution in [0.25, 0.3) is 32.9 Å². The number of phenols is 1. The molecule has 0 aliphatic heterocycles. The number of aryl methyl sites for hydroxylation is 2. The fraction of sp³-hybridized carbons (Fsp3) is 0.245. The lowest BCUT2D eigenvalue weighted by Crippen LogP contribution is -2.02. The summed E-state index contributed by atoms with van der Waals surface area (Å²) in [4.78, 5) is 12.3. The first-order valence-corrected chi connectivity index (χ1v) is 20.1. The quantitative estimate of drug-likeness (QED) is 0.0529. The number of phenolic OH excluding ortho intramolecular Hbond substituents is 1. The highest BCUT2D eigenvalue weighted by Gasteiger charge is 2.15. The summed E-state index contributed by atoms with van der Waals surface area (Å²) < 4.78 is 17.9. The van der Waals surface area contributed by atoms with Gasteiger partial charge >= 0.3 is 5.63 Å². The summed E-state index contributed by atoms with van der Waals surface area (Å²) in [5.74, 6) is 1.24. The summed E-state index contributed by atoms with van der Waals surface area (Å²) in [6.07, 6.45) is 8.57. The van der Waals surface area contributed by atoms with Crippen molar-refractivity contribution in [2.45, 2.75) is 65.2 Å². The van der Waals surface area contributed by atoms with Gasteiger partial charge in [0.25, 0.3) is 0 Å². The lowest BCUT2D eigenvalue weighted by atomic mass is 10.0. The van der Waals surface area contributed by atoms with E-state index in [1.807, 2.05) is 105 Å². The number of aromatic hydroxyl groups is 1. The molecule has 294 valence electrons. The Kier molecular flexibility index (Phi) is 13.3. The van der Waals surface area contributed by atoms with Crippen molar-refractivity contribution in [2.75, 3.05) is 13.2 Å². The van der Waals surface area contributed by atoms with Crippen molar-refractivity contribution < 1.29 is 19.0 Å². The minimum Gasteiger partial charge on any atom is -0.508 e. The second-order valence-electron chi connectivity index (χ2n) is 14.5. The van der Waals surface area contributed by atoms with E-state index in [2.05, 4.69) is 33.5 Å². The first-order valence-electron chi connectivity index (χ1n) is 20.1. The molecule has 0 saturated carbocycles. The van der Waals surface area contributed by atoms with E-state index in [0.717, 1.165) is 106 Å². The molecule has 0 aliphatic rings. The molecule has 0 fully saturated rings. The molecule has 58 heavy (non-hydrogen) atoms.